The van der Waals surface area contributed by atoms with E-state index in [1.54, 1.807) is 13.8 Å². The standard InChI is InChI=1S/C19H37N7O5S2/c1-10(2)14(20)17(29)24-11(6-8-33-3)15(27)26-13(9-32)16(28)25-12(18(30)31)5-4-7-23-19(21)22/h10-14,32H,4-9,20H2,1-3H3,(H,24,29)(H,25,28)(H,26,27)(H,30,31)(H4,21,22,23). The summed E-state index contributed by atoms with van der Waals surface area (Å²) in [5.74, 6) is -2.71. The van der Waals surface area contributed by atoms with Crippen LogP contribution in [-0.4, -0.2) is 83.2 Å². The first-order valence-corrected chi connectivity index (χ1v) is 12.5. The topological polar surface area (TPSA) is 215 Å². The van der Waals surface area contributed by atoms with Crippen LogP contribution in [0.4, 0.5) is 0 Å². The second-order valence-corrected chi connectivity index (χ2v) is 9.06. The van der Waals surface area contributed by atoms with Gasteiger partial charge in [0.1, 0.15) is 18.1 Å². The van der Waals surface area contributed by atoms with E-state index >= 15 is 0 Å². The number of nitrogens with one attached hydrogen (secondary N) is 3. The summed E-state index contributed by atoms with van der Waals surface area (Å²) in [5.41, 5.74) is 16.3. The molecule has 0 aliphatic heterocycles. The number of hydrogen-bond donors (Lipinski definition) is 8. The molecule has 0 bridgehead atoms. The monoisotopic (exact) mass is 507 g/mol. The fourth-order valence-corrected chi connectivity index (χ4v) is 3.30. The molecule has 14 heteroatoms. The first kappa shape index (κ1) is 30.8. The van der Waals surface area contributed by atoms with Crippen molar-refractivity contribution in [2.24, 2.45) is 28.1 Å². The molecule has 33 heavy (non-hydrogen) atoms. The highest BCUT2D eigenvalue weighted by molar-refractivity contribution is 7.98. The number of aliphatic imine (C=N–C) groups is 1. The zero-order chi connectivity index (χ0) is 25.6. The van der Waals surface area contributed by atoms with Crippen LogP contribution in [0.3, 0.4) is 0 Å². The van der Waals surface area contributed by atoms with Crippen LogP contribution in [0, 0.1) is 5.92 Å². The predicted molar refractivity (Wildman–Crippen MR) is 133 cm³/mol. The van der Waals surface area contributed by atoms with Crippen LogP contribution in [-0.2, 0) is 19.2 Å². The number of carboxylic acid groups (broad SMARTS) is 1. The van der Waals surface area contributed by atoms with E-state index in [0.29, 0.717) is 18.6 Å². The predicted octanol–water partition coefficient (Wildman–Crippen LogP) is -1.75. The average molecular weight is 508 g/mol. The summed E-state index contributed by atoms with van der Waals surface area (Å²) >= 11 is 5.60. The third-order valence-electron chi connectivity index (χ3n) is 4.64. The van der Waals surface area contributed by atoms with Crippen molar-refractivity contribution < 1.29 is 24.3 Å². The van der Waals surface area contributed by atoms with E-state index in [0.717, 1.165) is 0 Å². The maximum Gasteiger partial charge on any atom is 0.326 e. The van der Waals surface area contributed by atoms with Crippen LogP contribution in [0.1, 0.15) is 33.1 Å². The highest BCUT2D eigenvalue weighted by Gasteiger charge is 2.29. The number of guanidine groups is 1. The number of thioether (sulfide) groups is 1. The molecule has 0 saturated carbocycles. The Hall–Kier alpha value is -2.19. The van der Waals surface area contributed by atoms with Gasteiger partial charge in [0.2, 0.25) is 17.7 Å². The van der Waals surface area contributed by atoms with E-state index in [2.05, 4.69) is 33.6 Å². The number of carboxylic acids is 1. The summed E-state index contributed by atoms with van der Waals surface area (Å²) in [6.45, 7) is 3.79. The molecule has 4 unspecified atom stereocenters. The van der Waals surface area contributed by atoms with Crippen molar-refractivity contribution in [1.82, 2.24) is 16.0 Å². The second-order valence-electron chi connectivity index (χ2n) is 7.70. The first-order valence-electron chi connectivity index (χ1n) is 10.5. The van der Waals surface area contributed by atoms with Gasteiger partial charge in [0, 0.05) is 12.3 Å². The SMILES string of the molecule is CSCCC(NC(=O)C(N)C(C)C)C(=O)NC(CS)C(=O)NC(CCCN=C(N)N)C(=O)O. The second kappa shape index (κ2) is 16.4. The van der Waals surface area contributed by atoms with Crippen LogP contribution in [0.25, 0.3) is 0 Å². The number of rotatable bonds is 16. The van der Waals surface area contributed by atoms with E-state index in [1.807, 2.05) is 6.26 Å². The number of carbonyl (C=O) groups excluding carboxylic acids is 3. The van der Waals surface area contributed by atoms with Gasteiger partial charge in [-0.05, 0) is 37.2 Å². The van der Waals surface area contributed by atoms with E-state index in [9.17, 15) is 24.3 Å². The molecule has 0 aliphatic carbocycles. The molecular formula is C19H37N7O5S2. The lowest BCUT2D eigenvalue weighted by atomic mass is 10.0. The molecule has 0 saturated heterocycles. The fourth-order valence-electron chi connectivity index (χ4n) is 2.57. The Kier molecular flexibility index (Phi) is 15.3. The Labute approximate surface area is 204 Å². The molecule has 0 radical (unpaired) electrons. The minimum Gasteiger partial charge on any atom is -0.480 e. The smallest absolute Gasteiger partial charge is 0.326 e. The number of aliphatic carboxylic acids is 1. The number of hydrogen-bond acceptors (Lipinski definition) is 8. The zero-order valence-electron chi connectivity index (χ0n) is 19.2. The van der Waals surface area contributed by atoms with Gasteiger partial charge in [-0.3, -0.25) is 19.4 Å². The largest absolute Gasteiger partial charge is 0.480 e. The molecule has 0 fully saturated rings. The maximum atomic E-state index is 12.8. The lowest BCUT2D eigenvalue weighted by Crippen LogP contribution is -2.58. The number of thiol groups is 1. The van der Waals surface area contributed by atoms with Crippen LogP contribution in [0.2, 0.25) is 0 Å². The van der Waals surface area contributed by atoms with Crippen LogP contribution in [0.15, 0.2) is 4.99 Å². The number of nitrogens with two attached hydrogens (primary N) is 3. The normalized spacial score (nSPS) is 14.5. The molecule has 0 rings (SSSR count). The van der Waals surface area contributed by atoms with E-state index in [-0.39, 0.29) is 30.6 Å². The summed E-state index contributed by atoms with van der Waals surface area (Å²) in [4.78, 5) is 53.0. The lowest BCUT2D eigenvalue weighted by molar-refractivity contribution is -0.142. The van der Waals surface area contributed by atoms with E-state index in [1.165, 1.54) is 11.8 Å². The molecule has 0 aliphatic rings. The third-order valence-corrected chi connectivity index (χ3v) is 5.65. The summed E-state index contributed by atoms with van der Waals surface area (Å²) in [7, 11) is 0. The van der Waals surface area contributed by atoms with Gasteiger partial charge in [-0.1, -0.05) is 13.8 Å². The van der Waals surface area contributed by atoms with Crippen molar-refractivity contribution in [3.8, 4) is 0 Å². The van der Waals surface area contributed by atoms with Gasteiger partial charge < -0.3 is 38.3 Å². The van der Waals surface area contributed by atoms with Crippen molar-refractivity contribution in [1.29, 1.82) is 0 Å². The summed E-state index contributed by atoms with van der Waals surface area (Å²) in [6, 6.07) is -3.98. The third kappa shape index (κ3) is 12.6. The molecule has 0 heterocycles. The van der Waals surface area contributed by atoms with Crippen molar-refractivity contribution in [2.75, 3.05) is 24.3 Å². The molecule has 190 valence electrons. The highest BCUT2D eigenvalue weighted by Crippen LogP contribution is 2.06. The minimum atomic E-state index is -1.23. The summed E-state index contributed by atoms with van der Waals surface area (Å²) < 4.78 is 0. The van der Waals surface area contributed by atoms with E-state index in [4.69, 9.17) is 17.2 Å². The van der Waals surface area contributed by atoms with Crippen LogP contribution < -0.4 is 33.2 Å². The number of nitrogens with zero attached hydrogens (tertiary/aromatic N) is 1. The quantitative estimate of drug-likeness (QED) is 0.0513. The molecule has 0 aromatic rings. The summed E-state index contributed by atoms with van der Waals surface area (Å²) in [6.07, 6.45) is 2.60. The van der Waals surface area contributed by atoms with Gasteiger partial charge in [0.25, 0.3) is 0 Å². The number of carbonyl (C=O) groups is 4. The molecule has 3 amide bonds. The zero-order valence-corrected chi connectivity index (χ0v) is 21.0. The molecular weight excluding hydrogens is 470 g/mol. The molecule has 4 atom stereocenters. The van der Waals surface area contributed by atoms with Gasteiger partial charge in [-0.25, -0.2) is 4.79 Å². The van der Waals surface area contributed by atoms with Crippen molar-refractivity contribution in [3.63, 3.8) is 0 Å². The van der Waals surface area contributed by atoms with Crippen molar-refractivity contribution >= 4 is 54.0 Å². The Morgan fingerprint density at radius 3 is 2.00 bits per heavy atom. The number of amides is 3. The van der Waals surface area contributed by atoms with Crippen LogP contribution >= 0.6 is 24.4 Å². The molecule has 10 N–H and O–H groups in total. The Balaban J connectivity index is 5.15. The lowest BCUT2D eigenvalue weighted by Gasteiger charge is -2.25. The van der Waals surface area contributed by atoms with Gasteiger partial charge in [0.05, 0.1) is 6.04 Å². The van der Waals surface area contributed by atoms with E-state index < -0.39 is 47.9 Å². The molecule has 0 aromatic heterocycles. The fraction of sp³-hybridized carbons (Fsp3) is 0.737. The highest BCUT2D eigenvalue weighted by atomic mass is 32.2. The molecule has 12 nitrogen and oxygen atoms in total. The Morgan fingerprint density at radius 1 is 0.970 bits per heavy atom. The molecule has 0 aromatic carbocycles. The van der Waals surface area contributed by atoms with Gasteiger partial charge in [-0.2, -0.15) is 24.4 Å². The van der Waals surface area contributed by atoms with Crippen molar-refractivity contribution in [2.45, 2.75) is 57.3 Å². The minimum absolute atomic E-state index is 0.0768. The molecule has 0 spiro atoms. The Morgan fingerprint density at radius 2 is 1.52 bits per heavy atom. The van der Waals surface area contributed by atoms with Gasteiger partial charge >= 0.3 is 5.97 Å². The first-order chi connectivity index (χ1) is 15.4. The van der Waals surface area contributed by atoms with Gasteiger partial charge in [0.15, 0.2) is 5.96 Å². The van der Waals surface area contributed by atoms with Gasteiger partial charge in [-0.15, -0.1) is 0 Å². The summed E-state index contributed by atoms with van der Waals surface area (Å²) in [5, 5.41) is 16.9. The maximum absolute atomic E-state index is 12.8. The van der Waals surface area contributed by atoms with Crippen LogP contribution in [0.5, 0.6) is 0 Å². The van der Waals surface area contributed by atoms with Crippen molar-refractivity contribution in [3.05, 3.63) is 0 Å². The average Bonchev–Trinajstić information content (AvgIpc) is 2.75. The Bertz CT molecular complexity index is 689.